The lowest BCUT2D eigenvalue weighted by Gasteiger charge is -2.44. The van der Waals surface area contributed by atoms with Crippen LogP contribution in [0.2, 0.25) is 0 Å². The van der Waals surface area contributed by atoms with Gasteiger partial charge in [-0.15, -0.1) is 0 Å². The highest BCUT2D eigenvalue weighted by atomic mass is 16.7. The molecule has 0 aliphatic carbocycles. The standard InChI is InChI=1S/C9H16O6/c1-4(10)14-7-5(11)6(12)8(13)15-9(7,2)3/h5-8,11-13H,1-3H3/t5-,6+,7+,8-/m1/s1. The number of aliphatic hydroxyl groups is 3. The van der Waals surface area contributed by atoms with E-state index in [9.17, 15) is 20.1 Å². The van der Waals surface area contributed by atoms with Crippen molar-refractivity contribution in [3.63, 3.8) is 0 Å². The topological polar surface area (TPSA) is 96.2 Å². The molecule has 0 aromatic heterocycles. The molecule has 1 rings (SSSR count). The van der Waals surface area contributed by atoms with Gasteiger partial charge in [0.2, 0.25) is 0 Å². The first kappa shape index (κ1) is 12.4. The van der Waals surface area contributed by atoms with E-state index in [-0.39, 0.29) is 0 Å². The molecule has 1 aliphatic heterocycles. The third kappa shape index (κ3) is 2.46. The summed E-state index contributed by atoms with van der Waals surface area (Å²) in [6.45, 7) is 4.30. The number of aliphatic hydroxyl groups excluding tert-OH is 3. The van der Waals surface area contributed by atoms with Crippen LogP contribution in [0.15, 0.2) is 0 Å². The van der Waals surface area contributed by atoms with Crippen molar-refractivity contribution in [3.05, 3.63) is 0 Å². The molecular formula is C9H16O6. The lowest BCUT2D eigenvalue weighted by molar-refractivity contribution is -0.312. The van der Waals surface area contributed by atoms with Gasteiger partial charge in [0.15, 0.2) is 12.4 Å². The number of hydrogen-bond donors (Lipinski definition) is 3. The maximum Gasteiger partial charge on any atom is 0.303 e. The van der Waals surface area contributed by atoms with Gasteiger partial charge in [-0.25, -0.2) is 0 Å². The molecule has 88 valence electrons. The van der Waals surface area contributed by atoms with E-state index < -0.39 is 36.2 Å². The average Bonchev–Trinajstić information content (AvgIpc) is 2.08. The van der Waals surface area contributed by atoms with E-state index in [1.165, 1.54) is 6.92 Å². The average molecular weight is 220 g/mol. The summed E-state index contributed by atoms with van der Waals surface area (Å²) in [6.07, 6.45) is -5.34. The molecule has 15 heavy (non-hydrogen) atoms. The first-order valence-electron chi connectivity index (χ1n) is 4.65. The maximum absolute atomic E-state index is 10.8. The Morgan fingerprint density at radius 1 is 1.27 bits per heavy atom. The summed E-state index contributed by atoms with van der Waals surface area (Å²) in [4.78, 5) is 10.8. The molecule has 0 radical (unpaired) electrons. The van der Waals surface area contributed by atoms with Gasteiger partial charge < -0.3 is 24.8 Å². The molecule has 0 aromatic rings. The Hall–Kier alpha value is -0.690. The van der Waals surface area contributed by atoms with Gasteiger partial charge in [-0.2, -0.15) is 0 Å². The van der Waals surface area contributed by atoms with Crippen LogP contribution in [-0.4, -0.2) is 51.5 Å². The van der Waals surface area contributed by atoms with Gasteiger partial charge in [0, 0.05) is 6.92 Å². The monoisotopic (exact) mass is 220 g/mol. The summed E-state index contributed by atoms with van der Waals surface area (Å²) in [5.74, 6) is -0.584. The second-order valence-electron chi connectivity index (χ2n) is 4.12. The van der Waals surface area contributed by atoms with Crippen LogP contribution >= 0.6 is 0 Å². The predicted molar refractivity (Wildman–Crippen MR) is 48.7 cm³/mol. The smallest absolute Gasteiger partial charge is 0.303 e. The quantitative estimate of drug-likeness (QED) is 0.479. The molecule has 0 spiro atoms. The molecular weight excluding hydrogens is 204 g/mol. The van der Waals surface area contributed by atoms with Crippen LogP contribution in [0.25, 0.3) is 0 Å². The number of rotatable bonds is 1. The van der Waals surface area contributed by atoms with E-state index in [4.69, 9.17) is 9.47 Å². The molecule has 1 fully saturated rings. The Labute approximate surface area is 87.4 Å². The van der Waals surface area contributed by atoms with Crippen molar-refractivity contribution in [2.24, 2.45) is 0 Å². The van der Waals surface area contributed by atoms with Crippen LogP contribution in [0.5, 0.6) is 0 Å². The lowest BCUT2D eigenvalue weighted by atomic mass is 9.89. The van der Waals surface area contributed by atoms with Crippen molar-refractivity contribution in [2.75, 3.05) is 0 Å². The van der Waals surface area contributed by atoms with Crippen molar-refractivity contribution in [1.82, 2.24) is 0 Å². The Morgan fingerprint density at radius 3 is 2.27 bits per heavy atom. The van der Waals surface area contributed by atoms with Gasteiger partial charge in [0.25, 0.3) is 0 Å². The molecule has 1 aliphatic rings. The third-order valence-electron chi connectivity index (χ3n) is 2.35. The Morgan fingerprint density at radius 2 is 1.80 bits per heavy atom. The van der Waals surface area contributed by atoms with Crippen LogP contribution in [0.4, 0.5) is 0 Å². The highest BCUT2D eigenvalue weighted by molar-refractivity contribution is 5.66. The van der Waals surface area contributed by atoms with Crippen LogP contribution < -0.4 is 0 Å². The normalized spacial score (nSPS) is 39.9. The van der Waals surface area contributed by atoms with E-state index in [0.717, 1.165) is 0 Å². The lowest BCUT2D eigenvalue weighted by Crippen LogP contribution is -2.63. The van der Waals surface area contributed by atoms with Gasteiger partial charge in [0.05, 0.1) is 0 Å². The van der Waals surface area contributed by atoms with Crippen molar-refractivity contribution in [2.45, 2.75) is 51.0 Å². The fourth-order valence-electron chi connectivity index (χ4n) is 1.60. The number of carbonyl (C=O) groups excluding carboxylic acids is 1. The van der Waals surface area contributed by atoms with E-state index in [0.29, 0.717) is 0 Å². The Kier molecular flexibility index (Phi) is 3.34. The van der Waals surface area contributed by atoms with E-state index in [1.807, 2.05) is 0 Å². The van der Waals surface area contributed by atoms with Crippen molar-refractivity contribution in [3.8, 4) is 0 Å². The van der Waals surface area contributed by atoms with Crippen LogP contribution in [-0.2, 0) is 14.3 Å². The Bertz CT molecular complexity index is 251. The van der Waals surface area contributed by atoms with Gasteiger partial charge in [-0.3, -0.25) is 4.79 Å². The first-order chi connectivity index (χ1) is 6.75. The summed E-state index contributed by atoms with van der Waals surface area (Å²) in [5, 5.41) is 28.2. The molecule has 1 saturated heterocycles. The second kappa shape index (κ2) is 4.05. The van der Waals surface area contributed by atoms with Gasteiger partial charge in [-0.1, -0.05) is 0 Å². The molecule has 0 amide bonds. The summed E-state index contributed by atoms with van der Waals surface area (Å²) in [6, 6.07) is 0. The zero-order chi connectivity index (χ0) is 11.8. The Balaban J connectivity index is 2.85. The van der Waals surface area contributed by atoms with Crippen molar-refractivity contribution >= 4 is 5.97 Å². The highest BCUT2D eigenvalue weighted by Crippen LogP contribution is 2.30. The molecule has 0 unspecified atom stereocenters. The van der Waals surface area contributed by atoms with Crippen LogP contribution in [0.1, 0.15) is 20.8 Å². The summed E-state index contributed by atoms with van der Waals surface area (Å²) >= 11 is 0. The molecule has 0 aromatic carbocycles. The molecule has 4 atom stereocenters. The molecule has 0 bridgehead atoms. The fraction of sp³-hybridized carbons (Fsp3) is 0.889. The minimum absolute atomic E-state index is 0.584. The van der Waals surface area contributed by atoms with Crippen LogP contribution in [0.3, 0.4) is 0 Å². The third-order valence-corrected chi connectivity index (χ3v) is 2.35. The van der Waals surface area contributed by atoms with E-state index in [1.54, 1.807) is 13.8 Å². The summed E-state index contributed by atoms with van der Waals surface area (Å²) in [7, 11) is 0. The second-order valence-corrected chi connectivity index (χ2v) is 4.12. The van der Waals surface area contributed by atoms with Gasteiger partial charge in [0.1, 0.15) is 17.8 Å². The molecule has 6 heteroatoms. The number of hydrogen-bond acceptors (Lipinski definition) is 6. The van der Waals surface area contributed by atoms with Crippen molar-refractivity contribution in [1.29, 1.82) is 0 Å². The van der Waals surface area contributed by atoms with Crippen LogP contribution in [0, 0.1) is 0 Å². The summed E-state index contributed by atoms with van der Waals surface area (Å²) < 4.78 is 9.89. The molecule has 6 nitrogen and oxygen atoms in total. The minimum atomic E-state index is -1.48. The maximum atomic E-state index is 10.8. The fourth-order valence-corrected chi connectivity index (χ4v) is 1.60. The molecule has 1 heterocycles. The number of carbonyl (C=O) groups is 1. The minimum Gasteiger partial charge on any atom is -0.457 e. The van der Waals surface area contributed by atoms with Gasteiger partial charge in [-0.05, 0) is 13.8 Å². The van der Waals surface area contributed by atoms with E-state index >= 15 is 0 Å². The first-order valence-corrected chi connectivity index (χ1v) is 4.65. The highest BCUT2D eigenvalue weighted by Gasteiger charge is 2.50. The van der Waals surface area contributed by atoms with E-state index in [2.05, 4.69) is 0 Å². The predicted octanol–water partition coefficient (Wildman–Crippen LogP) is -1.23. The SMILES string of the molecule is CC(=O)O[C@H]1[C@H](O)[C@H](O)[C@H](O)OC1(C)C. The largest absolute Gasteiger partial charge is 0.457 e. The summed E-state index contributed by atoms with van der Waals surface area (Å²) in [5.41, 5.74) is -1.05. The zero-order valence-corrected chi connectivity index (χ0v) is 8.88. The van der Waals surface area contributed by atoms with Gasteiger partial charge >= 0.3 is 5.97 Å². The zero-order valence-electron chi connectivity index (χ0n) is 8.88. The molecule has 0 saturated carbocycles. The number of ether oxygens (including phenoxy) is 2. The van der Waals surface area contributed by atoms with Crippen molar-refractivity contribution < 1.29 is 29.6 Å². The number of esters is 1. The molecule has 3 N–H and O–H groups in total.